The van der Waals surface area contributed by atoms with Crippen LogP contribution in [0.2, 0.25) is 0 Å². The average Bonchev–Trinajstić information content (AvgIpc) is 2.82. The van der Waals surface area contributed by atoms with Gasteiger partial charge in [-0.05, 0) is 31.6 Å². The maximum atomic E-state index is 11.0. The molecule has 2 rings (SSSR count). The second-order valence-corrected chi connectivity index (χ2v) is 5.02. The molecule has 0 aromatic carbocycles. The largest absolute Gasteiger partial charge is 0.370 e. The van der Waals surface area contributed by atoms with Gasteiger partial charge in [0, 0.05) is 6.54 Å². The number of amides is 1. The van der Waals surface area contributed by atoms with Gasteiger partial charge in [0.25, 0.3) is 5.91 Å². The van der Waals surface area contributed by atoms with Gasteiger partial charge in [0.2, 0.25) is 0 Å². The predicted molar refractivity (Wildman–Crippen MR) is 77.6 cm³/mol. The molecule has 2 aromatic rings. The number of hydrogen-bond acceptors (Lipinski definition) is 6. The Labute approximate surface area is 115 Å². The standard InChI is InChI=1S/C12H17N5OS/c1-2-14-6-3-7-15-9-5-4-8-11(17-9)19-12(16-8)10(13)18/h4-5,14H,2-3,6-7H2,1H3,(H2,13,18)(H,15,17). The molecule has 0 unspecified atom stereocenters. The van der Waals surface area contributed by atoms with Crippen molar-refractivity contribution >= 4 is 33.4 Å². The molecule has 19 heavy (non-hydrogen) atoms. The number of nitrogens with zero attached hydrogens (tertiary/aromatic N) is 2. The van der Waals surface area contributed by atoms with Gasteiger partial charge < -0.3 is 16.4 Å². The maximum absolute atomic E-state index is 11.0. The fourth-order valence-electron chi connectivity index (χ4n) is 1.63. The number of carbonyl (C=O) groups is 1. The summed E-state index contributed by atoms with van der Waals surface area (Å²) in [6.07, 6.45) is 1.03. The van der Waals surface area contributed by atoms with Crippen LogP contribution in [0.25, 0.3) is 10.3 Å². The number of aromatic nitrogens is 2. The second kappa shape index (κ2) is 6.44. The Morgan fingerprint density at radius 1 is 1.37 bits per heavy atom. The number of primary amides is 1. The highest BCUT2D eigenvalue weighted by Gasteiger charge is 2.09. The highest BCUT2D eigenvalue weighted by Crippen LogP contribution is 2.21. The van der Waals surface area contributed by atoms with Crippen molar-refractivity contribution in [2.45, 2.75) is 13.3 Å². The van der Waals surface area contributed by atoms with Crippen molar-refractivity contribution in [1.29, 1.82) is 0 Å². The summed E-state index contributed by atoms with van der Waals surface area (Å²) in [5.74, 6) is 0.284. The number of thiazole rings is 1. The number of hydrogen-bond donors (Lipinski definition) is 3. The molecule has 4 N–H and O–H groups in total. The van der Waals surface area contributed by atoms with Gasteiger partial charge in [-0.15, -0.1) is 0 Å². The monoisotopic (exact) mass is 279 g/mol. The topological polar surface area (TPSA) is 92.9 Å². The molecule has 2 aromatic heterocycles. The molecular weight excluding hydrogens is 262 g/mol. The van der Waals surface area contributed by atoms with Gasteiger partial charge in [-0.25, -0.2) is 9.97 Å². The zero-order valence-electron chi connectivity index (χ0n) is 10.8. The second-order valence-electron chi connectivity index (χ2n) is 4.04. The van der Waals surface area contributed by atoms with Gasteiger partial charge in [-0.2, -0.15) is 0 Å². The average molecular weight is 279 g/mol. The van der Waals surface area contributed by atoms with Crippen LogP contribution in [0.5, 0.6) is 0 Å². The lowest BCUT2D eigenvalue weighted by Gasteiger charge is -2.05. The lowest BCUT2D eigenvalue weighted by Crippen LogP contribution is -2.17. The lowest BCUT2D eigenvalue weighted by atomic mass is 10.4. The van der Waals surface area contributed by atoms with E-state index in [2.05, 4.69) is 27.5 Å². The molecule has 0 bridgehead atoms. The number of nitrogens with one attached hydrogen (secondary N) is 2. The molecule has 7 heteroatoms. The van der Waals surface area contributed by atoms with Crippen molar-refractivity contribution in [3.05, 3.63) is 17.1 Å². The van der Waals surface area contributed by atoms with Gasteiger partial charge in [0.1, 0.15) is 16.2 Å². The summed E-state index contributed by atoms with van der Waals surface area (Å²) in [5.41, 5.74) is 5.91. The van der Waals surface area contributed by atoms with Crippen LogP contribution in [0.15, 0.2) is 12.1 Å². The van der Waals surface area contributed by atoms with E-state index < -0.39 is 5.91 Å². The lowest BCUT2D eigenvalue weighted by molar-refractivity contribution is 0.1000. The van der Waals surface area contributed by atoms with Crippen molar-refractivity contribution < 1.29 is 4.79 Å². The van der Waals surface area contributed by atoms with Crippen LogP contribution in [0.1, 0.15) is 23.1 Å². The van der Waals surface area contributed by atoms with Crippen LogP contribution in [-0.2, 0) is 0 Å². The minimum atomic E-state index is -0.511. The molecule has 0 fully saturated rings. The molecule has 0 aliphatic heterocycles. The summed E-state index contributed by atoms with van der Waals surface area (Å²) < 4.78 is 0. The maximum Gasteiger partial charge on any atom is 0.277 e. The third-order valence-electron chi connectivity index (χ3n) is 2.55. The molecule has 0 spiro atoms. The first kappa shape index (κ1) is 13.7. The minimum Gasteiger partial charge on any atom is -0.370 e. The zero-order valence-corrected chi connectivity index (χ0v) is 11.6. The Kier molecular flexibility index (Phi) is 4.64. The number of fused-ring (bicyclic) bond motifs is 1. The van der Waals surface area contributed by atoms with Crippen LogP contribution in [0.3, 0.4) is 0 Å². The van der Waals surface area contributed by atoms with E-state index in [1.165, 1.54) is 11.3 Å². The third kappa shape index (κ3) is 3.62. The molecule has 102 valence electrons. The van der Waals surface area contributed by atoms with Gasteiger partial charge in [0.15, 0.2) is 5.01 Å². The molecular formula is C12H17N5OS. The highest BCUT2D eigenvalue weighted by atomic mass is 32.1. The van der Waals surface area contributed by atoms with Gasteiger partial charge in [-0.3, -0.25) is 4.79 Å². The minimum absolute atomic E-state index is 0.298. The van der Waals surface area contributed by atoms with Gasteiger partial charge in [0.05, 0.1) is 0 Å². The first-order valence-corrected chi connectivity index (χ1v) is 7.04. The van der Waals surface area contributed by atoms with Crippen LogP contribution in [0, 0.1) is 0 Å². The summed E-state index contributed by atoms with van der Waals surface area (Å²) in [7, 11) is 0. The van der Waals surface area contributed by atoms with E-state index in [9.17, 15) is 4.79 Å². The summed E-state index contributed by atoms with van der Waals surface area (Å²) in [5, 5.41) is 6.80. The predicted octanol–water partition coefficient (Wildman–Crippen LogP) is 1.20. The van der Waals surface area contributed by atoms with Crippen molar-refractivity contribution in [3.63, 3.8) is 0 Å². The normalized spacial score (nSPS) is 10.8. The molecule has 0 radical (unpaired) electrons. The Bertz CT molecular complexity index is 568. The molecule has 2 heterocycles. The third-order valence-corrected chi connectivity index (χ3v) is 3.53. The number of rotatable bonds is 7. The number of nitrogens with two attached hydrogens (primary N) is 1. The van der Waals surface area contributed by atoms with Crippen LogP contribution in [0.4, 0.5) is 5.82 Å². The van der Waals surface area contributed by atoms with Crippen LogP contribution >= 0.6 is 11.3 Å². The molecule has 0 saturated carbocycles. The smallest absolute Gasteiger partial charge is 0.277 e. The zero-order chi connectivity index (χ0) is 13.7. The number of anilines is 1. The molecule has 1 amide bonds. The number of pyridine rings is 1. The van der Waals surface area contributed by atoms with E-state index in [1.807, 2.05) is 12.1 Å². The van der Waals surface area contributed by atoms with E-state index in [0.29, 0.717) is 10.5 Å². The van der Waals surface area contributed by atoms with E-state index in [1.54, 1.807) is 0 Å². The first-order valence-electron chi connectivity index (χ1n) is 6.22. The number of carbonyl (C=O) groups excluding carboxylic acids is 1. The van der Waals surface area contributed by atoms with E-state index in [-0.39, 0.29) is 0 Å². The molecule has 0 aliphatic carbocycles. The Balaban J connectivity index is 1.98. The summed E-state index contributed by atoms with van der Waals surface area (Å²) >= 11 is 1.22. The van der Waals surface area contributed by atoms with Crippen molar-refractivity contribution in [2.75, 3.05) is 25.0 Å². The van der Waals surface area contributed by atoms with Crippen LogP contribution in [-0.4, -0.2) is 35.5 Å². The fourth-order valence-corrected chi connectivity index (χ4v) is 2.42. The molecule has 0 aliphatic rings. The van der Waals surface area contributed by atoms with Crippen molar-refractivity contribution in [3.8, 4) is 0 Å². The summed E-state index contributed by atoms with van der Waals surface area (Å²) in [6.45, 7) is 4.91. The van der Waals surface area contributed by atoms with Gasteiger partial charge >= 0.3 is 0 Å². The van der Waals surface area contributed by atoms with E-state index in [0.717, 1.165) is 36.7 Å². The SMILES string of the molecule is CCNCCCNc1ccc2nc(C(N)=O)sc2n1. The highest BCUT2D eigenvalue weighted by molar-refractivity contribution is 7.19. The van der Waals surface area contributed by atoms with E-state index in [4.69, 9.17) is 5.73 Å². The summed E-state index contributed by atoms with van der Waals surface area (Å²) in [4.78, 5) is 20.3. The quantitative estimate of drug-likeness (QED) is 0.662. The van der Waals surface area contributed by atoms with Gasteiger partial charge in [-0.1, -0.05) is 18.3 Å². The molecule has 6 nitrogen and oxygen atoms in total. The molecule has 0 atom stereocenters. The summed E-state index contributed by atoms with van der Waals surface area (Å²) in [6, 6.07) is 3.71. The fraction of sp³-hybridized carbons (Fsp3) is 0.417. The Hall–Kier alpha value is -1.73. The Morgan fingerprint density at radius 2 is 2.21 bits per heavy atom. The van der Waals surface area contributed by atoms with Crippen molar-refractivity contribution in [1.82, 2.24) is 15.3 Å². The van der Waals surface area contributed by atoms with E-state index >= 15 is 0 Å². The van der Waals surface area contributed by atoms with Crippen LogP contribution < -0.4 is 16.4 Å². The first-order chi connectivity index (χ1) is 9.20. The Morgan fingerprint density at radius 3 is 2.95 bits per heavy atom. The molecule has 0 saturated heterocycles. The van der Waals surface area contributed by atoms with Crippen molar-refractivity contribution in [2.24, 2.45) is 5.73 Å².